The molecule has 0 heterocycles. The smallest absolute Gasteiger partial charge is 0.0249 e. The summed E-state index contributed by atoms with van der Waals surface area (Å²) < 4.78 is 0. The van der Waals surface area contributed by atoms with Crippen molar-refractivity contribution in [1.29, 1.82) is 0 Å². The van der Waals surface area contributed by atoms with E-state index < -0.39 is 0 Å². The Morgan fingerprint density at radius 2 is 1.48 bits per heavy atom. The Hall–Kier alpha value is -2.00. The van der Waals surface area contributed by atoms with Gasteiger partial charge in [0.1, 0.15) is 0 Å². The molecule has 3 rings (SSSR count). The molecule has 2 aromatic carbocycles. The molecule has 2 aromatic rings. The molecule has 1 radical (unpaired) electrons. The first kappa shape index (κ1) is 17.8. The summed E-state index contributed by atoms with van der Waals surface area (Å²) in [6.07, 6.45) is 11.2. The zero-order valence-electron chi connectivity index (χ0n) is 15.4. The Bertz CT molecular complexity index is 676. The minimum Gasteiger partial charge on any atom is -0.0654 e. The van der Waals surface area contributed by atoms with Gasteiger partial charge in [-0.15, -0.1) is 0 Å². The second-order valence-corrected chi connectivity index (χ2v) is 7.37. The Balaban J connectivity index is 1.52. The van der Waals surface area contributed by atoms with Crippen LogP contribution in [0.4, 0.5) is 0 Å². The largest absolute Gasteiger partial charge is 0.0654 e. The first-order chi connectivity index (χ1) is 12.3. The van der Waals surface area contributed by atoms with Gasteiger partial charge in [-0.3, -0.25) is 0 Å². The molecule has 1 fully saturated rings. The van der Waals surface area contributed by atoms with Gasteiger partial charge < -0.3 is 0 Å². The predicted molar refractivity (Wildman–Crippen MR) is 107 cm³/mol. The van der Waals surface area contributed by atoms with Crippen LogP contribution >= 0.6 is 0 Å². The summed E-state index contributed by atoms with van der Waals surface area (Å²) in [6, 6.07) is 19.8. The fourth-order valence-electron chi connectivity index (χ4n) is 3.92. The lowest BCUT2D eigenvalue weighted by atomic mass is 9.77. The van der Waals surface area contributed by atoms with E-state index in [0.717, 1.165) is 23.0 Å². The maximum Gasteiger partial charge on any atom is 0.0249 e. The molecule has 129 valence electrons. The highest BCUT2D eigenvalue weighted by atomic mass is 14.3. The molecule has 1 aliphatic carbocycles. The van der Waals surface area contributed by atoms with E-state index in [-0.39, 0.29) is 0 Å². The highest BCUT2D eigenvalue weighted by Gasteiger charge is 2.21. The lowest BCUT2D eigenvalue weighted by molar-refractivity contribution is 0.303. The minimum absolute atomic E-state index is 0.758. The molecule has 0 amide bonds. The summed E-state index contributed by atoms with van der Waals surface area (Å²) in [5.41, 5.74) is 3.65. The van der Waals surface area contributed by atoms with Crippen molar-refractivity contribution in [2.24, 2.45) is 5.92 Å². The van der Waals surface area contributed by atoms with Crippen molar-refractivity contribution in [3.8, 4) is 11.8 Å². The van der Waals surface area contributed by atoms with Gasteiger partial charge in [0.2, 0.25) is 0 Å². The van der Waals surface area contributed by atoms with Crippen molar-refractivity contribution < 1.29 is 0 Å². The first-order valence-corrected chi connectivity index (χ1v) is 9.93. The zero-order chi connectivity index (χ0) is 17.3. The van der Waals surface area contributed by atoms with E-state index in [1.165, 1.54) is 56.9 Å². The molecule has 0 bridgehead atoms. The molecular weight excluding hydrogens is 300 g/mol. The highest BCUT2D eigenvalue weighted by molar-refractivity contribution is 5.43. The van der Waals surface area contributed by atoms with Crippen LogP contribution < -0.4 is 0 Å². The number of benzene rings is 2. The van der Waals surface area contributed by atoms with E-state index in [0.29, 0.717) is 0 Å². The SMILES string of the molecule is CCCCCC1CCC(c2ccc(C#Cc3cc[c]cc3)cc2)CC1. The maximum atomic E-state index is 3.26. The maximum absolute atomic E-state index is 3.26. The highest BCUT2D eigenvalue weighted by Crippen LogP contribution is 2.37. The van der Waals surface area contributed by atoms with E-state index >= 15 is 0 Å². The van der Waals surface area contributed by atoms with Crippen molar-refractivity contribution in [3.63, 3.8) is 0 Å². The second-order valence-electron chi connectivity index (χ2n) is 7.37. The van der Waals surface area contributed by atoms with Gasteiger partial charge in [0.15, 0.2) is 0 Å². The number of hydrogen-bond acceptors (Lipinski definition) is 0. The van der Waals surface area contributed by atoms with Gasteiger partial charge in [-0.25, -0.2) is 0 Å². The molecule has 0 N–H and O–H groups in total. The summed E-state index contributed by atoms with van der Waals surface area (Å²) in [5.74, 6) is 8.22. The molecule has 0 atom stereocenters. The predicted octanol–water partition coefficient (Wildman–Crippen LogP) is 6.74. The van der Waals surface area contributed by atoms with Crippen LogP contribution in [0, 0.1) is 23.8 Å². The van der Waals surface area contributed by atoms with E-state index in [1.807, 2.05) is 24.3 Å². The Morgan fingerprint density at radius 3 is 2.12 bits per heavy atom. The van der Waals surface area contributed by atoms with Gasteiger partial charge in [0.25, 0.3) is 0 Å². The molecule has 0 spiro atoms. The summed E-state index contributed by atoms with van der Waals surface area (Å²) in [6.45, 7) is 2.30. The second kappa shape index (κ2) is 9.47. The number of unbranched alkanes of at least 4 members (excludes halogenated alkanes) is 2. The zero-order valence-corrected chi connectivity index (χ0v) is 15.4. The molecule has 0 aliphatic heterocycles. The van der Waals surface area contributed by atoms with Gasteiger partial charge in [0.05, 0.1) is 0 Å². The van der Waals surface area contributed by atoms with Crippen molar-refractivity contribution in [1.82, 2.24) is 0 Å². The lowest BCUT2D eigenvalue weighted by Crippen LogP contribution is -2.13. The molecular formula is C25H29. The summed E-state index contributed by atoms with van der Waals surface area (Å²) in [4.78, 5) is 0. The van der Waals surface area contributed by atoms with Crippen molar-refractivity contribution >= 4 is 0 Å². The number of hydrogen-bond donors (Lipinski definition) is 0. The van der Waals surface area contributed by atoms with Crippen molar-refractivity contribution in [2.45, 2.75) is 64.2 Å². The summed E-state index contributed by atoms with van der Waals surface area (Å²) in [5, 5.41) is 0. The van der Waals surface area contributed by atoms with Crippen LogP contribution in [0.3, 0.4) is 0 Å². The van der Waals surface area contributed by atoms with E-state index in [1.54, 1.807) is 0 Å². The summed E-state index contributed by atoms with van der Waals surface area (Å²) >= 11 is 0. The van der Waals surface area contributed by atoms with Crippen LogP contribution in [0.1, 0.15) is 80.9 Å². The molecule has 25 heavy (non-hydrogen) atoms. The van der Waals surface area contributed by atoms with E-state index in [4.69, 9.17) is 0 Å². The third-order valence-electron chi connectivity index (χ3n) is 5.51. The minimum atomic E-state index is 0.758. The molecule has 0 unspecified atom stereocenters. The van der Waals surface area contributed by atoms with E-state index in [2.05, 4.69) is 49.1 Å². The van der Waals surface area contributed by atoms with Crippen molar-refractivity contribution in [2.75, 3.05) is 0 Å². The third-order valence-corrected chi connectivity index (χ3v) is 5.51. The molecule has 0 heteroatoms. The van der Waals surface area contributed by atoms with Gasteiger partial charge in [0, 0.05) is 11.1 Å². The van der Waals surface area contributed by atoms with Crippen LogP contribution in [0.5, 0.6) is 0 Å². The molecule has 0 aromatic heterocycles. The topological polar surface area (TPSA) is 0 Å². The van der Waals surface area contributed by atoms with E-state index in [9.17, 15) is 0 Å². The standard InChI is InChI=1S/C25H29/c1-2-3-5-8-22-13-17-24(18-14-22)25-19-15-23(16-20-25)12-11-21-9-6-4-7-10-21/h6-7,9-10,15-16,19-20,22,24H,2-3,5,8,13-14,17-18H2,1H3. The molecule has 0 saturated heterocycles. The number of rotatable bonds is 5. The monoisotopic (exact) mass is 329 g/mol. The van der Waals surface area contributed by atoms with Gasteiger partial charge in [-0.1, -0.05) is 68.7 Å². The fourth-order valence-corrected chi connectivity index (χ4v) is 3.92. The van der Waals surface area contributed by atoms with Crippen LogP contribution in [-0.4, -0.2) is 0 Å². The lowest BCUT2D eigenvalue weighted by Gasteiger charge is -2.29. The van der Waals surface area contributed by atoms with Gasteiger partial charge in [-0.05, 0) is 73.4 Å². The normalized spacial score (nSPS) is 19.9. The Kier molecular flexibility index (Phi) is 6.75. The molecule has 1 saturated carbocycles. The van der Waals surface area contributed by atoms with Crippen molar-refractivity contribution in [3.05, 3.63) is 71.3 Å². The average Bonchev–Trinajstić information content (AvgIpc) is 2.68. The average molecular weight is 330 g/mol. The van der Waals surface area contributed by atoms with Gasteiger partial charge >= 0.3 is 0 Å². The summed E-state index contributed by atoms with van der Waals surface area (Å²) in [7, 11) is 0. The fraction of sp³-hybridized carbons (Fsp3) is 0.440. The quantitative estimate of drug-likeness (QED) is 0.421. The first-order valence-electron chi connectivity index (χ1n) is 9.93. The van der Waals surface area contributed by atoms with Crippen LogP contribution in [0.2, 0.25) is 0 Å². The molecule has 1 aliphatic rings. The Labute approximate surface area is 153 Å². The van der Waals surface area contributed by atoms with Gasteiger partial charge in [-0.2, -0.15) is 0 Å². The molecule has 0 nitrogen and oxygen atoms in total. The Morgan fingerprint density at radius 1 is 0.840 bits per heavy atom. The van der Waals surface area contributed by atoms with Crippen LogP contribution in [-0.2, 0) is 0 Å². The van der Waals surface area contributed by atoms with Crippen LogP contribution in [0.15, 0.2) is 48.5 Å². The third kappa shape index (κ3) is 5.50. The van der Waals surface area contributed by atoms with Crippen LogP contribution in [0.25, 0.3) is 0 Å².